The smallest absolute Gasteiger partial charge is 0.111 e. The first-order valence-corrected chi connectivity index (χ1v) is 7.36. The zero-order chi connectivity index (χ0) is 14.8. The molecule has 0 radical (unpaired) electrons. The lowest BCUT2D eigenvalue weighted by atomic mass is 10.1. The van der Waals surface area contributed by atoms with Gasteiger partial charge in [-0.05, 0) is 36.4 Å². The highest BCUT2D eigenvalue weighted by Gasteiger charge is 2.11. The van der Waals surface area contributed by atoms with E-state index in [1.165, 1.54) is 0 Å². The molecular weight excluding hydrogens is 350 g/mol. The largest absolute Gasteiger partial charge is 0.239 e. The maximum atomic E-state index is 9.30. The molecule has 5 heteroatoms. The van der Waals surface area contributed by atoms with E-state index in [1.807, 2.05) is 36.4 Å². The van der Waals surface area contributed by atoms with E-state index < -0.39 is 0 Å². The molecule has 0 saturated carbocycles. The molecule has 0 fully saturated rings. The summed E-state index contributed by atoms with van der Waals surface area (Å²) < 4.78 is 2.67. The maximum absolute atomic E-state index is 9.30. The van der Waals surface area contributed by atoms with Crippen LogP contribution >= 0.6 is 27.5 Å². The quantitative estimate of drug-likeness (QED) is 0.658. The molecule has 0 aliphatic carbocycles. The van der Waals surface area contributed by atoms with Crippen LogP contribution in [0.5, 0.6) is 0 Å². The molecule has 21 heavy (non-hydrogen) atoms. The van der Waals surface area contributed by atoms with Gasteiger partial charge in [0.2, 0.25) is 0 Å². The van der Waals surface area contributed by atoms with Crippen LogP contribution in [0.3, 0.4) is 0 Å². The number of hydrogen-bond acceptors (Lipinski definition) is 2. The number of nitrogens with zero attached hydrogens (tertiary/aromatic N) is 3. The Morgan fingerprint density at radius 3 is 2.33 bits per heavy atom. The van der Waals surface area contributed by atoms with Crippen LogP contribution < -0.4 is 0 Å². The van der Waals surface area contributed by atoms with Gasteiger partial charge in [-0.1, -0.05) is 39.7 Å². The van der Waals surface area contributed by atoms with E-state index in [0.717, 1.165) is 15.7 Å². The molecule has 102 valence electrons. The molecule has 3 rings (SSSR count). The zero-order valence-corrected chi connectivity index (χ0v) is 13.1. The first kappa shape index (κ1) is 13.9. The van der Waals surface area contributed by atoms with E-state index >= 15 is 0 Å². The van der Waals surface area contributed by atoms with Gasteiger partial charge < -0.3 is 0 Å². The second-order valence-corrected chi connectivity index (χ2v) is 5.78. The fourth-order valence-corrected chi connectivity index (χ4v) is 2.39. The SMILES string of the molecule is N#Cc1cn(-c2ccc(Cl)cc2)nc1-c1ccc(Br)cc1. The van der Waals surface area contributed by atoms with Crippen LogP contribution in [0.4, 0.5) is 0 Å². The van der Waals surface area contributed by atoms with Crippen molar-refractivity contribution in [2.24, 2.45) is 0 Å². The van der Waals surface area contributed by atoms with Gasteiger partial charge in [0, 0.05) is 21.3 Å². The van der Waals surface area contributed by atoms with Gasteiger partial charge in [-0.2, -0.15) is 10.4 Å². The molecular formula is C16H9BrClN3. The summed E-state index contributed by atoms with van der Waals surface area (Å²) in [5.41, 5.74) is 2.97. The Morgan fingerprint density at radius 2 is 1.71 bits per heavy atom. The Bertz CT molecular complexity index is 814. The summed E-state index contributed by atoms with van der Waals surface area (Å²) in [6.45, 7) is 0. The highest BCUT2D eigenvalue weighted by molar-refractivity contribution is 9.10. The number of rotatable bonds is 2. The molecule has 0 saturated heterocycles. The van der Waals surface area contributed by atoms with Crippen molar-refractivity contribution in [3.8, 4) is 23.0 Å². The summed E-state index contributed by atoms with van der Waals surface area (Å²) >= 11 is 9.29. The van der Waals surface area contributed by atoms with Gasteiger partial charge in [0.1, 0.15) is 11.8 Å². The number of hydrogen-bond donors (Lipinski definition) is 0. The van der Waals surface area contributed by atoms with E-state index in [-0.39, 0.29) is 0 Å². The third-order valence-electron chi connectivity index (χ3n) is 3.04. The molecule has 0 spiro atoms. The first-order chi connectivity index (χ1) is 10.2. The molecule has 1 heterocycles. The summed E-state index contributed by atoms with van der Waals surface area (Å²) in [5, 5.41) is 14.5. The summed E-state index contributed by atoms with van der Waals surface area (Å²) in [7, 11) is 0. The molecule has 2 aromatic carbocycles. The van der Waals surface area contributed by atoms with Crippen LogP contribution in [0, 0.1) is 11.3 Å². The van der Waals surface area contributed by atoms with Crippen LogP contribution in [0.25, 0.3) is 16.9 Å². The van der Waals surface area contributed by atoms with Crippen molar-refractivity contribution in [2.45, 2.75) is 0 Å². The van der Waals surface area contributed by atoms with Crippen LogP contribution in [0.15, 0.2) is 59.2 Å². The van der Waals surface area contributed by atoms with Gasteiger partial charge in [-0.3, -0.25) is 0 Å². The minimum Gasteiger partial charge on any atom is -0.239 e. The highest BCUT2D eigenvalue weighted by atomic mass is 79.9. The van der Waals surface area contributed by atoms with Gasteiger partial charge in [0.05, 0.1) is 11.3 Å². The third-order valence-corrected chi connectivity index (χ3v) is 3.82. The average Bonchev–Trinajstić information content (AvgIpc) is 2.93. The van der Waals surface area contributed by atoms with Crippen LogP contribution in [0.2, 0.25) is 5.02 Å². The Morgan fingerprint density at radius 1 is 1.05 bits per heavy atom. The minimum atomic E-state index is 0.535. The summed E-state index contributed by atoms with van der Waals surface area (Å²) in [5.74, 6) is 0. The molecule has 0 aliphatic heterocycles. The van der Waals surface area contributed by atoms with Crippen molar-refractivity contribution in [3.63, 3.8) is 0 Å². The van der Waals surface area contributed by atoms with E-state index in [4.69, 9.17) is 11.6 Å². The van der Waals surface area contributed by atoms with Gasteiger partial charge in [0.25, 0.3) is 0 Å². The van der Waals surface area contributed by atoms with Crippen molar-refractivity contribution in [1.29, 1.82) is 5.26 Å². The summed E-state index contributed by atoms with van der Waals surface area (Å²) in [6.07, 6.45) is 1.72. The number of aromatic nitrogens is 2. The van der Waals surface area contributed by atoms with Crippen LogP contribution in [-0.2, 0) is 0 Å². The van der Waals surface area contributed by atoms with Crippen molar-refractivity contribution < 1.29 is 0 Å². The second-order valence-electron chi connectivity index (χ2n) is 4.43. The maximum Gasteiger partial charge on any atom is 0.111 e. The lowest BCUT2D eigenvalue weighted by molar-refractivity contribution is 0.884. The number of nitriles is 1. The standard InChI is InChI=1S/C16H9BrClN3/c17-13-3-1-11(2-4-13)16-12(9-19)10-21(20-16)15-7-5-14(18)6-8-15/h1-8,10H. The molecule has 0 aliphatic rings. The second kappa shape index (κ2) is 5.72. The van der Waals surface area contributed by atoms with Crippen LogP contribution in [0.1, 0.15) is 5.56 Å². The Hall–Kier alpha value is -2.09. The summed E-state index contributed by atoms with van der Waals surface area (Å²) in [4.78, 5) is 0. The predicted molar refractivity (Wildman–Crippen MR) is 86.4 cm³/mol. The van der Waals surface area contributed by atoms with Gasteiger partial charge in [0.15, 0.2) is 0 Å². The molecule has 0 N–H and O–H groups in total. The van der Waals surface area contributed by atoms with Gasteiger partial charge >= 0.3 is 0 Å². The van der Waals surface area contributed by atoms with Crippen LogP contribution in [-0.4, -0.2) is 9.78 Å². The number of benzene rings is 2. The van der Waals surface area contributed by atoms with Crippen molar-refractivity contribution in [1.82, 2.24) is 9.78 Å². The highest BCUT2D eigenvalue weighted by Crippen LogP contribution is 2.25. The Balaban J connectivity index is 2.08. The number of halogens is 2. The first-order valence-electron chi connectivity index (χ1n) is 6.19. The van der Waals surface area contributed by atoms with Gasteiger partial charge in [-0.15, -0.1) is 0 Å². The predicted octanol–water partition coefficient (Wildman–Crippen LogP) is 4.83. The molecule has 0 amide bonds. The molecule has 0 bridgehead atoms. The van der Waals surface area contributed by atoms with E-state index in [0.29, 0.717) is 16.3 Å². The zero-order valence-electron chi connectivity index (χ0n) is 10.8. The Kier molecular flexibility index (Phi) is 3.78. The fraction of sp³-hybridized carbons (Fsp3) is 0. The fourth-order valence-electron chi connectivity index (χ4n) is 2.00. The van der Waals surface area contributed by atoms with Gasteiger partial charge in [-0.25, -0.2) is 4.68 Å². The normalized spacial score (nSPS) is 10.3. The molecule has 0 unspecified atom stereocenters. The molecule has 3 nitrogen and oxygen atoms in total. The minimum absolute atomic E-state index is 0.535. The molecule has 1 aromatic heterocycles. The van der Waals surface area contributed by atoms with Crippen molar-refractivity contribution >= 4 is 27.5 Å². The monoisotopic (exact) mass is 357 g/mol. The van der Waals surface area contributed by atoms with E-state index in [1.54, 1.807) is 23.0 Å². The average molecular weight is 359 g/mol. The van der Waals surface area contributed by atoms with E-state index in [9.17, 15) is 5.26 Å². The lowest BCUT2D eigenvalue weighted by Crippen LogP contribution is -1.94. The van der Waals surface area contributed by atoms with Crippen molar-refractivity contribution in [2.75, 3.05) is 0 Å². The molecule has 0 atom stereocenters. The Labute approximate surface area is 135 Å². The van der Waals surface area contributed by atoms with E-state index in [2.05, 4.69) is 27.1 Å². The molecule has 3 aromatic rings. The topological polar surface area (TPSA) is 41.6 Å². The van der Waals surface area contributed by atoms with Crippen molar-refractivity contribution in [3.05, 3.63) is 69.8 Å². The lowest BCUT2D eigenvalue weighted by Gasteiger charge is -2.01. The third kappa shape index (κ3) is 2.85. The summed E-state index contributed by atoms with van der Waals surface area (Å²) in [6, 6.07) is 17.2.